The Morgan fingerprint density at radius 2 is 1.34 bits per heavy atom. The maximum Gasteiger partial charge on any atom is 0.317 e. The number of aliphatic hydroxyl groups excluding tert-OH is 13. The van der Waals surface area contributed by atoms with Crippen LogP contribution in [0.4, 0.5) is 0 Å². The minimum absolute atomic E-state index is 0.141. The van der Waals surface area contributed by atoms with Crippen molar-refractivity contribution < 1.29 is 99.6 Å². The smallest absolute Gasteiger partial charge is 0.317 e. The molecule has 2 unspecified atom stereocenters. The van der Waals surface area contributed by atoms with Gasteiger partial charge in [0.1, 0.15) is 60.4 Å². The lowest BCUT2D eigenvalue weighted by atomic mass is 9.33. The Kier molecular flexibility index (Phi) is 14.1. The number of rotatable bonds is 9. The molecule has 20 nitrogen and oxygen atoms in total. The maximum atomic E-state index is 15.1. The highest BCUT2D eigenvalue weighted by atomic mass is 16.8. The number of aliphatic hydroxyl groups is 13. The van der Waals surface area contributed by atoms with Crippen LogP contribution in [0.25, 0.3) is 0 Å². The molecule has 0 spiro atoms. The molecule has 0 aromatic rings. The summed E-state index contributed by atoms with van der Waals surface area (Å²) in [4.78, 5) is 15.1. The quantitative estimate of drug-likeness (QED) is 0.0656. The summed E-state index contributed by atoms with van der Waals surface area (Å²) < 4.78 is 35.4. The van der Waals surface area contributed by atoms with Gasteiger partial charge in [0.05, 0.1) is 50.8 Å². The summed E-state index contributed by atoms with van der Waals surface area (Å²) in [5.41, 5.74) is -4.33. The molecule has 24 atom stereocenters. The van der Waals surface area contributed by atoms with Gasteiger partial charge in [0.2, 0.25) is 6.29 Å². The number of hydrogen-bond donors (Lipinski definition) is 13. The van der Waals surface area contributed by atoms with Crippen LogP contribution in [0, 0.1) is 50.2 Å². The molecule has 8 rings (SSSR count). The predicted molar refractivity (Wildman–Crippen MR) is 228 cm³/mol. The standard InChI is InChI=1S/C47H76O20/c1-20-29(54)32(57)34(59)38(63-20)65-36-30(55)24(52)17-62-40(36)67-41(61)47-12-11-42(2,3)13-22(47)21-7-8-26-43(4)14-23(51)37(66-39-35(60)33(58)31(56)25(16-48)64-39)46(18-49,19-50)27(43)9-10-44(26,5)45(21,6)15-28(47)53/h7,20,22-40,48-60H,8-19H2,1-6H3/t20-,22-,23-,24-,25+,26+,27+,28+,29-,30-,31+,32?,33-,34?,35+,36+,37-,38-,39-,40-,43+,44+,45+,47+/m0/s1. The van der Waals surface area contributed by atoms with Crippen molar-refractivity contribution in [2.75, 3.05) is 26.4 Å². The molecule has 7 fully saturated rings. The molecule has 13 N–H and O–H groups in total. The van der Waals surface area contributed by atoms with Crippen molar-refractivity contribution >= 4 is 5.97 Å². The van der Waals surface area contributed by atoms with Crippen LogP contribution in [0.3, 0.4) is 0 Å². The number of carbonyl (C=O) groups is 1. The van der Waals surface area contributed by atoms with E-state index in [4.69, 9.17) is 28.4 Å². The monoisotopic (exact) mass is 960 g/mol. The molecule has 3 aliphatic heterocycles. The van der Waals surface area contributed by atoms with E-state index in [-0.39, 0.29) is 30.6 Å². The summed E-state index contributed by atoms with van der Waals surface area (Å²) in [7, 11) is 0. The lowest BCUT2D eigenvalue weighted by Crippen LogP contribution is -2.71. The molecule has 384 valence electrons. The van der Waals surface area contributed by atoms with E-state index in [1.165, 1.54) is 6.92 Å². The van der Waals surface area contributed by atoms with E-state index < -0.39 is 176 Å². The van der Waals surface area contributed by atoms with E-state index in [2.05, 4.69) is 40.7 Å². The summed E-state index contributed by atoms with van der Waals surface area (Å²) in [6.07, 6.45) is -20.7. The highest BCUT2D eigenvalue weighted by molar-refractivity contribution is 5.80. The molecule has 20 heteroatoms. The van der Waals surface area contributed by atoms with Crippen LogP contribution >= 0.6 is 0 Å². The Morgan fingerprint density at radius 3 is 1.99 bits per heavy atom. The Hall–Kier alpha value is -1.51. The number of hydrogen-bond acceptors (Lipinski definition) is 20. The van der Waals surface area contributed by atoms with Crippen molar-refractivity contribution in [1.82, 2.24) is 0 Å². The first-order valence-electron chi connectivity index (χ1n) is 24.1. The molecule has 0 aromatic carbocycles. The van der Waals surface area contributed by atoms with Crippen LogP contribution in [0.5, 0.6) is 0 Å². The molecule has 0 amide bonds. The van der Waals surface area contributed by atoms with Crippen LogP contribution in [-0.2, 0) is 33.2 Å². The van der Waals surface area contributed by atoms with Crippen LogP contribution in [0.15, 0.2) is 11.6 Å². The topological polar surface area (TPSA) is 335 Å². The highest BCUT2D eigenvalue weighted by Crippen LogP contribution is 2.76. The van der Waals surface area contributed by atoms with E-state index in [1.807, 2.05) is 0 Å². The van der Waals surface area contributed by atoms with Crippen LogP contribution in [-0.4, -0.2) is 203 Å². The van der Waals surface area contributed by atoms with Crippen molar-refractivity contribution in [3.05, 3.63) is 11.6 Å². The minimum atomic E-state index is -1.78. The SMILES string of the molecule is C[C@@H]1O[C@@H](O[C@H]2[C@H](OC(=O)[C@]34CCC(C)(C)C[C@H]3C3=CC[C@@H]5[C@@]6(C)C[C@H](O)[C@H](O[C@@H]7O[C@H](CO)[C@@H](O)[C@H](O)[C@H]7O)C(CO)(CO)[C@@H]6CC[C@@]5(C)[C@]3(C)C[C@H]4O)OC[C@H](O)[C@@H]2O)C(O)C(O)[C@H]1O. The molecule has 4 saturated carbocycles. The van der Waals surface area contributed by atoms with Crippen molar-refractivity contribution in [2.45, 2.75) is 197 Å². The Morgan fingerprint density at radius 1 is 0.701 bits per heavy atom. The molecule has 8 aliphatic rings. The number of ether oxygens (including phenoxy) is 6. The minimum Gasteiger partial charge on any atom is -0.432 e. The van der Waals surface area contributed by atoms with Crippen LogP contribution in [0.2, 0.25) is 0 Å². The maximum absolute atomic E-state index is 15.1. The fraction of sp³-hybridized carbons (Fsp3) is 0.936. The van der Waals surface area contributed by atoms with E-state index in [9.17, 15) is 66.4 Å². The molecular weight excluding hydrogens is 884 g/mol. The second-order valence-electron chi connectivity index (χ2n) is 23.0. The Bertz CT molecular complexity index is 1830. The zero-order valence-electron chi connectivity index (χ0n) is 39.3. The van der Waals surface area contributed by atoms with Gasteiger partial charge < -0.3 is 94.8 Å². The molecule has 0 radical (unpaired) electrons. The molecule has 0 bridgehead atoms. The van der Waals surface area contributed by atoms with Gasteiger partial charge in [-0.3, -0.25) is 4.79 Å². The first-order chi connectivity index (χ1) is 31.3. The first-order valence-corrected chi connectivity index (χ1v) is 24.1. The number of esters is 1. The van der Waals surface area contributed by atoms with Gasteiger partial charge in [-0.05, 0) is 97.7 Å². The zero-order chi connectivity index (χ0) is 49.1. The van der Waals surface area contributed by atoms with Gasteiger partial charge in [-0.25, -0.2) is 0 Å². The van der Waals surface area contributed by atoms with E-state index in [1.54, 1.807) is 0 Å². The first kappa shape index (κ1) is 51.8. The lowest BCUT2D eigenvalue weighted by molar-refractivity contribution is -0.351. The summed E-state index contributed by atoms with van der Waals surface area (Å²) in [5.74, 6) is -1.99. The highest BCUT2D eigenvalue weighted by Gasteiger charge is 2.73. The van der Waals surface area contributed by atoms with E-state index >= 15 is 4.79 Å². The number of allylic oxidation sites excluding steroid dienone is 2. The van der Waals surface area contributed by atoms with Crippen molar-refractivity contribution in [2.24, 2.45) is 50.2 Å². The fourth-order valence-electron chi connectivity index (χ4n) is 15.0. The number of carbonyl (C=O) groups excluding carboxylic acids is 1. The molecule has 3 saturated heterocycles. The molecule has 0 aromatic heterocycles. The van der Waals surface area contributed by atoms with Crippen molar-refractivity contribution in [1.29, 1.82) is 0 Å². The molecule has 67 heavy (non-hydrogen) atoms. The fourth-order valence-corrected chi connectivity index (χ4v) is 15.0. The summed E-state index contributed by atoms with van der Waals surface area (Å²) in [6, 6.07) is 0. The summed E-state index contributed by atoms with van der Waals surface area (Å²) in [5, 5.41) is 142. The van der Waals surface area contributed by atoms with Gasteiger partial charge in [0.15, 0.2) is 18.7 Å². The van der Waals surface area contributed by atoms with Gasteiger partial charge in [0.25, 0.3) is 0 Å². The average Bonchev–Trinajstić information content (AvgIpc) is 3.27. The third kappa shape index (κ3) is 7.82. The zero-order valence-corrected chi connectivity index (χ0v) is 39.3. The number of fused-ring (bicyclic) bond motifs is 7. The molecular formula is C47H76O20. The Balaban J connectivity index is 1.10. The van der Waals surface area contributed by atoms with Gasteiger partial charge in [-0.1, -0.05) is 46.3 Å². The third-order valence-electron chi connectivity index (χ3n) is 19.1. The van der Waals surface area contributed by atoms with Gasteiger partial charge in [-0.2, -0.15) is 0 Å². The third-order valence-corrected chi connectivity index (χ3v) is 19.1. The van der Waals surface area contributed by atoms with Crippen LogP contribution in [0.1, 0.15) is 92.9 Å². The molecule has 5 aliphatic carbocycles. The lowest BCUT2D eigenvalue weighted by Gasteiger charge is -2.72. The summed E-state index contributed by atoms with van der Waals surface area (Å²) in [6.45, 7) is 9.66. The Labute approximate surface area is 390 Å². The van der Waals surface area contributed by atoms with Crippen molar-refractivity contribution in [3.8, 4) is 0 Å². The molecule has 3 heterocycles. The normalized spacial score (nSPS) is 53.8. The second-order valence-corrected chi connectivity index (χ2v) is 23.0. The van der Waals surface area contributed by atoms with Gasteiger partial charge in [-0.15, -0.1) is 0 Å². The van der Waals surface area contributed by atoms with Gasteiger partial charge >= 0.3 is 5.97 Å². The predicted octanol–water partition coefficient (Wildman–Crippen LogP) is -2.31. The average molecular weight is 961 g/mol. The summed E-state index contributed by atoms with van der Waals surface area (Å²) >= 11 is 0. The van der Waals surface area contributed by atoms with Crippen molar-refractivity contribution in [3.63, 3.8) is 0 Å². The van der Waals surface area contributed by atoms with Crippen LogP contribution < -0.4 is 0 Å². The van der Waals surface area contributed by atoms with Gasteiger partial charge in [0, 0.05) is 5.41 Å². The second kappa shape index (κ2) is 18.2. The van der Waals surface area contributed by atoms with E-state index in [0.29, 0.717) is 32.1 Å². The van der Waals surface area contributed by atoms with E-state index in [0.717, 1.165) is 5.57 Å². The largest absolute Gasteiger partial charge is 0.432 e.